The number of carbonyl (C=O) groups is 1. The molecule has 2 N–H and O–H groups in total. The predicted molar refractivity (Wildman–Crippen MR) is 70.6 cm³/mol. The first-order chi connectivity index (χ1) is 8.50. The molecule has 1 aromatic carbocycles. The van der Waals surface area contributed by atoms with Gasteiger partial charge in [0.2, 0.25) is 0 Å². The maximum Gasteiger partial charge on any atom is 0.314 e. The van der Waals surface area contributed by atoms with Crippen molar-refractivity contribution in [2.75, 3.05) is 0 Å². The number of benzene rings is 1. The van der Waals surface area contributed by atoms with Gasteiger partial charge in [-0.25, -0.2) is 0 Å². The molecule has 1 aliphatic rings. The third-order valence-corrected chi connectivity index (χ3v) is 3.39. The Morgan fingerprint density at radius 1 is 1.33 bits per heavy atom. The van der Waals surface area contributed by atoms with E-state index >= 15 is 0 Å². The highest BCUT2D eigenvalue weighted by molar-refractivity contribution is 6.02. The number of hydrazone groups is 1. The number of hydrogen-bond acceptors (Lipinski definition) is 3. The van der Waals surface area contributed by atoms with E-state index in [2.05, 4.69) is 24.4 Å². The van der Waals surface area contributed by atoms with E-state index in [1.165, 1.54) is 5.56 Å². The Morgan fingerprint density at radius 3 is 2.44 bits per heavy atom. The van der Waals surface area contributed by atoms with Crippen molar-refractivity contribution in [1.29, 1.82) is 0 Å². The molecule has 0 spiro atoms. The van der Waals surface area contributed by atoms with Crippen LogP contribution in [0.25, 0.3) is 0 Å². The summed E-state index contributed by atoms with van der Waals surface area (Å²) < 4.78 is 0. The molecule has 1 heterocycles. The first-order valence-electron chi connectivity index (χ1n) is 6.13. The second-order valence-corrected chi connectivity index (χ2v) is 5.00. The molecule has 1 aromatic rings. The van der Waals surface area contributed by atoms with Gasteiger partial charge in [-0.1, -0.05) is 38.1 Å². The van der Waals surface area contributed by atoms with Crippen molar-refractivity contribution in [2.45, 2.75) is 32.7 Å². The Morgan fingerprint density at radius 2 is 1.94 bits per heavy atom. The smallest absolute Gasteiger partial charge is 0.314 e. The molecule has 0 aliphatic carbocycles. The molecule has 2 rings (SSSR count). The highest BCUT2D eigenvalue weighted by Gasteiger charge is 2.36. The summed E-state index contributed by atoms with van der Waals surface area (Å²) in [4.78, 5) is 11.3. The number of carboxylic acid groups (broad SMARTS) is 1. The Kier molecular flexibility index (Phi) is 3.36. The Balaban J connectivity index is 2.24. The van der Waals surface area contributed by atoms with Crippen LogP contribution in [0.1, 0.15) is 43.9 Å². The number of hydrogen-bond donors (Lipinski definition) is 2. The van der Waals surface area contributed by atoms with E-state index in [0.717, 1.165) is 5.56 Å². The lowest BCUT2D eigenvalue weighted by Gasteiger charge is -2.17. The summed E-state index contributed by atoms with van der Waals surface area (Å²) in [5, 5.41) is 13.3. The molecule has 2 atom stereocenters. The largest absolute Gasteiger partial charge is 0.481 e. The summed E-state index contributed by atoms with van der Waals surface area (Å²) in [6, 6.07) is 7.81. The van der Waals surface area contributed by atoms with E-state index < -0.39 is 11.9 Å². The molecule has 0 saturated heterocycles. The molecule has 0 amide bonds. The monoisotopic (exact) mass is 246 g/mol. The molecule has 1 aliphatic heterocycles. The molecule has 96 valence electrons. The van der Waals surface area contributed by atoms with Gasteiger partial charge in [-0.3, -0.25) is 4.79 Å². The fourth-order valence-corrected chi connectivity index (χ4v) is 2.23. The summed E-state index contributed by atoms with van der Waals surface area (Å²) in [6.45, 7) is 6.01. The van der Waals surface area contributed by atoms with Gasteiger partial charge in [-0.2, -0.15) is 5.10 Å². The fourth-order valence-electron chi connectivity index (χ4n) is 2.23. The lowest BCUT2D eigenvalue weighted by Crippen LogP contribution is -2.27. The van der Waals surface area contributed by atoms with Crippen molar-refractivity contribution < 1.29 is 9.90 Å². The molecule has 18 heavy (non-hydrogen) atoms. The van der Waals surface area contributed by atoms with Crippen molar-refractivity contribution in [1.82, 2.24) is 5.43 Å². The van der Waals surface area contributed by atoms with Gasteiger partial charge < -0.3 is 10.5 Å². The SMILES string of the molecule is CC1=NNC(c2ccc(C(C)C)cc2)C1C(=O)O. The minimum atomic E-state index is -0.834. The van der Waals surface area contributed by atoms with Crippen LogP contribution in [-0.4, -0.2) is 16.8 Å². The van der Waals surface area contributed by atoms with E-state index in [9.17, 15) is 9.90 Å². The van der Waals surface area contributed by atoms with Crippen LogP contribution >= 0.6 is 0 Å². The molecule has 4 heteroatoms. The average molecular weight is 246 g/mol. The van der Waals surface area contributed by atoms with Gasteiger partial charge in [-0.15, -0.1) is 0 Å². The standard InChI is InChI=1S/C14H18N2O2/c1-8(2)10-4-6-11(7-5-10)13-12(14(17)18)9(3)15-16-13/h4-8,12-13,16H,1-3H3,(H,17,18). The van der Waals surface area contributed by atoms with Crippen LogP contribution < -0.4 is 5.43 Å². The molecular formula is C14H18N2O2. The molecule has 0 radical (unpaired) electrons. The van der Waals surface area contributed by atoms with Crippen LogP contribution in [0.5, 0.6) is 0 Å². The molecular weight excluding hydrogens is 228 g/mol. The van der Waals surface area contributed by atoms with Gasteiger partial charge in [0.1, 0.15) is 5.92 Å². The van der Waals surface area contributed by atoms with E-state index in [1.54, 1.807) is 6.92 Å². The molecule has 0 fully saturated rings. The van der Waals surface area contributed by atoms with Gasteiger partial charge in [0.15, 0.2) is 0 Å². The quantitative estimate of drug-likeness (QED) is 0.861. The van der Waals surface area contributed by atoms with Crippen LogP contribution in [0.2, 0.25) is 0 Å². The van der Waals surface area contributed by atoms with E-state index in [0.29, 0.717) is 11.6 Å². The molecule has 0 aromatic heterocycles. The molecule has 0 bridgehead atoms. The second kappa shape index (κ2) is 4.80. The highest BCUT2D eigenvalue weighted by Crippen LogP contribution is 2.29. The van der Waals surface area contributed by atoms with Crippen molar-refractivity contribution in [3.8, 4) is 0 Å². The Labute approximate surface area is 107 Å². The zero-order valence-corrected chi connectivity index (χ0v) is 10.8. The maximum atomic E-state index is 11.3. The van der Waals surface area contributed by atoms with Crippen LogP contribution in [0.3, 0.4) is 0 Å². The Hall–Kier alpha value is -1.84. The summed E-state index contributed by atoms with van der Waals surface area (Å²) in [5.74, 6) is -0.932. The highest BCUT2D eigenvalue weighted by atomic mass is 16.4. The second-order valence-electron chi connectivity index (χ2n) is 5.00. The van der Waals surface area contributed by atoms with Crippen LogP contribution in [-0.2, 0) is 4.79 Å². The number of nitrogens with zero attached hydrogens (tertiary/aromatic N) is 1. The number of aliphatic carboxylic acids is 1. The van der Waals surface area contributed by atoms with E-state index in [1.807, 2.05) is 24.3 Å². The molecule has 4 nitrogen and oxygen atoms in total. The van der Waals surface area contributed by atoms with Crippen LogP contribution in [0.4, 0.5) is 0 Å². The zero-order chi connectivity index (χ0) is 13.3. The number of rotatable bonds is 3. The minimum Gasteiger partial charge on any atom is -0.481 e. The van der Waals surface area contributed by atoms with Gasteiger partial charge in [0, 0.05) is 0 Å². The molecule has 2 unspecified atom stereocenters. The normalized spacial score (nSPS) is 22.8. The third-order valence-electron chi connectivity index (χ3n) is 3.39. The minimum absolute atomic E-state index is 0.260. The summed E-state index contributed by atoms with van der Waals surface area (Å²) >= 11 is 0. The first-order valence-corrected chi connectivity index (χ1v) is 6.13. The third kappa shape index (κ3) is 2.23. The van der Waals surface area contributed by atoms with Gasteiger partial charge >= 0.3 is 5.97 Å². The first kappa shape index (κ1) is 12.6. The topological polar surface area (TPSA) is 61.7 Å². The predicted octanol–water partition coefficient (Wildman–Crippen LogP) is 2.53. The average Bonchev–Trinajstić information content (AvgIpc) is 2.71. The lowest BCUT2D eigenvalue weighted by atomic mass is 9.90. The fraction of sp³-hybridized carbons (Fsp3) is 0.429. The summed E-state index contributed by atoms with van der Waals surface area (Å²) in [6.07, 6.45) is 0. The van der Waals surface area contributed by atoms with Crippen molar-refractivity contribution in [2.24, 2.45) is 11.0 Å². The summed E-state index contributed by atoms with van der Waals surface area (Å²) in [7, 11) is 0. The van der Waals surface area contributed by atoms with Crippen LogP contribution in [0, 0.1) is 5.92 Å². The maximum absolute atomic E-state index is 11.3. The number of nitrogens with one attached hydrogen (secondary N) is 1. The lowest BCUT2D eigenvalue weighted by molar-refractivity contribution is -0.139. The van der Waals surface area contributed by atoms with Gasteiger partial charge in [-0.05, 0) is 24.0 Å². The van der Waals surface area contributed by atoms with Gasteiger partial charge in [0.05, 0.1) is 11.8 Å². The van der Waals surface area contributed by atoms with Crippen molar-refractivity contribution in [3.63, 3.8) is 0 Å². The van der Waals surface area contributed by atoms with Crippen LogP contribution in [0.15, 0.2) is 29.4 Å². The summed E-state index contributed by atoms with van der Waals surface area (Å²) in [5.41, 5.74) is 5.75. The van der Waals surface area contributed by atoms with Gasteiger partial charge in [0.25, 0.3) is 0 Å². The number of carboxylic acids is 1. The van der Waals surface area contributed by atoms with Crippen molar-refractivity contribution >= 4 is 11.7 Å². The zero-order valence-electron chi connectivity index (χ0n) is 10.8. The van der Waals surface area contributed by atoms with E-state index in [4.69, 9.17) is 0 Å². The van der Waals surface area contributed by atoms with Crippen molar-refractivity contribution in [3.05, 3.63) is 35.4 Å². The van der Waals surface area contributed by atoms with E-state index in [-0.39, 0.29) is 6.04 Å². The Bertz CT molecular complexity index is 477. The molecule has 0 saturated carbocycles.